The molecule has 0 aliphatic carbocycles. The fraction of sp³-hybridized carbons (Fsp3) is 0.0952. The number of anilines is 2. The lowest BCUT2D eigenvalue weighted by molar-refractivity contribution is -0.115. The minimum Gasteiger partial charge on any atom is -0.459 e. The molecule has 148 valence electrons. The average Bonchev–Trinajstić information content (AvgIpc) is 3.23. The summed E-state index contributed by atoms with van der Waals surface area (Å²) >= 11 is 1.36. The van der Waals surface area contributed by atoms with Crippen LogP contribution in [0.4, 0.5) is 11.4 Å². The molecule has 8 heteroatoms. The molecular formula is C21H19N3O4S. The zero-order valence-electron chi connectivity index (χ0n) is 15.5. The topological polar surface area (TPSA) is 114 Å². The molecule has 0 spiro atoms. The van der Waals surface area contributed by atoms with Gasteiger partial charge in [0.15, 0.2) is 5.76 Å². The summed E-state index contributed by atoms with van der Waals surface area (Å²) in [6.07, 6.45) is 1.43. The zero-order chi connectivity index (χ0) is 20.8. The van der Waals surface area contributed by atoms with Crippen molar-refractivity contribution in [2.45, 2.75) is 17.1 Å². The first-order chi connectivity index (χ1) is 13.9. The van der Waals surface area contributed by atoms with E-state index >= 15 is 0 Å². The Morgan fingerprint density at radius 2 is 1.72 bits per heavy atom. The number of nitrogens with two attached hydrogens (primary N) is 1. The lowest BCUT2D eigenvalue weighted by Gasteiger charge is -2.13. The van der Waals surface area contributed by atoms with Crippen LogP contribution in [0, 0.1) is 0 Å². The average molecular weight is 409 g/mol. The molecule has 1 heterocycles. The van der Waals surface area contributed by atoms with Gasteiger partial charge in [-0.1, -0.05) is 6.07 Å². The van der Waals surface area contributed by atoms with E-state index in [-0.39, 0.29) is 22.8 Å². The third kappa shape index (κ3) is 5.49. The van der Waals surface area contributed by atoms with Crippen LogP contribution in [0.5, 0.6) is 0 Å². The van der Waals surface area contributed by atoms with Crippen LogP contribution in [-0.2, 0) is 4.79 Å². The van der Waals surface area contributed by atoms with E-state index in [0.29, 0.717) is 16.9 Å². The van der Waals surface area contributed by atoms with Gasteiger partial charge < -0.3 is 20.8 Å². The second-order valence-electron chi connectivity index (χ2n) is 6.15. The smallest absolute Gasteiger partial charge is 0.291 e. The number of primary amides is 1. The quantitative estimate of drug-likeness (QED) is 0.514. The van der Waals surface area contributed by atoms with Crippen molar-refractivity contribution in [2.24, 2.45) is 5.73 Å². The third-order valence-corrected chi connectivity index (χ3v) is 5.05. The number of hydrogen-bond acceptors (Lipinski definition) is 5. The molecule has 0 radical (unpaired) electrons. The molecule has 0 saturated carbocycles. The molecule has 0 saturated heterocycles. The van der Waals surface area contributed by atoms with E-state index in [1.165, 1.54) is 18.0 Å². The number of hydrogen-bond donors (Lipinski definition) is 3. The van der Waals surface area contributed by atoms with E-state index in [9.17, 15) is 14.4 Å². The second-order valence-corrected chi connectivity index (χ2v) is 7.56. The van der Waals surface area contributed by atoms with Crippen molar-refractivity contribution in [3.63, 3.8) is 0 Å². The normalized spacial score (nSPS) is 11.5. The number of thioether (sulfide) groups is 1. The summed E-state index contributed by atoms with van der Waals surface area (Å²) < 4.78 is 5.07. The molecule has 3 amide bonds. The van der Waals surface area contributed by atoms with Crippen LogP contribution in [0.1, 0.15) is 27.8 Å². The highest BCUT2D eigenvalue weighted by molar-refractivity contribution is 8.00. The molecule has 0 aliphatic rings. The van der Waals surface area contributed by atoms with Crippen LogP contribution in [0.15, 0.2) is 76.2 Å². The van der Waals surface area contributed by atoms with Crippen molar-refractivity contribution in [1.29, 1.82) is 0 Å². The first-order valence-corrected chi connectivity index (χ1v) is 9.62. The molecule has 0 bridgehead atoms. The third-order valence-electron chi connectivity index (χ3n) is 3.96. The van der Waals surface area contributed by atoms with E-state index in [2.05, 4.69) is 10.6 Å². The van der Waals surface area contributed by atoms with Crippen LogP contribution in [0.3, 0.4) is 0 Å². The molecule has 29 heavy (non-hydrogen) atoms. The highest BCUT2D eigenvalue weighted by Crippen LogP contribution is 2.27. The van der Waals surface area contributed by atoms with E-state index in [1.54, 1.807) is 61.5 Å². The molecular weight excluding hydrogens is 390 g/mol. The maximum absolute atomic E-state index is 12.4. The Labute approximate surface area is 171 Å². The first-order valence-electron chi connectivity index (χ1n) is 8.74. The van der Waals surface area contributed by atoms with Crippen molar-refractivity contribution in [3.05, 3.63) is 78.3 Å². The zero-order valence-corrected chi connectivity index (χ0v) is 16.4. The summed E-state index contributed by atoms with van der Waals surface area (Å²) in [5, 5.41) is 5.17. The van der Waals surface area contributed by atoms with Crippen molar-refractivity contribution in [3.8, 4) is 0 Å². The number of carbonyl (C=O) groups is 3. The number of nitrogens with one attached hydrogen (secondary N) is 2. The van der Waals surface area contributed by atoms with Gasteiger partial charge >= 0.3 is 0 Å². The van der Waals surface area contributed by atoms with Crippen LogP contribution in [-0.4, -0.2) is 23.0 Å². The Bertz CT molecular complexity index is 1020. The predicted octanol–water partition coefficient (Wildman–Crippen LogP) is 3.75. The van der Waals surface area contributed by atoms with Gasteiger partial charge in [-0.25, -0.2) is 0 Å². The van der Waals surface area contributed by atoms with E-state index in [1.807, 2.05) is 6.07 Å². The van der Waals surface area contributed by atoms with Gasteiger partial charge in [0.05, 0.1) is 11.5 Å². The second kappa shape index (κ2) is 9.11. The fourth-order valence-electron chi connectivity index (χ4n) is 2.47. The molecule has 4 N–H and O–H groups in total. The Balaban J connectivity index is 1.59. The number of rotatable bonds is 7. The molecule has 2 aromatic carbocycles. The Hall–Kier alpha value is -3.52. The molecule has 1 atom stereocenters. The maximum Gasteiger partial charge on any atom is 0.291 e. The number of amides is 3. The fourth-order valence-corrected chi connectivity index (χ4v) is 3.39. The Morgan fingerprint density at radius 3 is 2.38 bits per heavy atom. The number of furan rings is 1. The lowest BCUT2D eigenvalue weighted by atomic mass is 10.2. The van der Waals surface area contributed by atoms with Gasteiger partial charge in [-0.2, -0.15) is 0 Å². The summed E-state index contributed by atoms with van der Waals surface area (Å²) in [5.41, 5.74) is 6.76. The first kappa shape index (κ1) is 20.2. The lowest BCUT2D eigenvalue weighted by Crippen LogP contribution is -2.22. The molecule has 1 unspecified atom stereocenters. The maximum atomic E-state index is 12.4. The van der Waals surface area contributed by atoms with Gasteiger partial charge in [-0.05, 0) is 61.5 Å². The van der Waals surface area contributed by atoms with Gasteiger partial charge in [0.1, 0.15) is 0 Å². The Morgan fingerprint density at radius 1 is 0.966 bits per heavy atom. The largest absolute Gasteiger partial charge is 0.459 e. The summed E-state index contributed by atoms with van der Waals surface area (Å²) in [6.45, 7) is 1.78. The van der Waals surface area contributed by atoms with Gasteiger partial charge in [-0.3, -0.25) is 14.4 Å². The number of carbonyl (C=O) groups excluding carboxylic acids is 3. The molecule has 0 aliphatic heterocycles. The van der Waals surface area contributed by atoms with Crippen molar-refractivity contribution < 1.29 is 18.8 Å². The van der Waals surface area contributed by atoms with Crippen LogP contribution in [0.2, 0.25) is 0 Å². The molecule has 3 rings (SSSR count). The van der Waals surface area contributed by atoms with Crippen molar-refractivity contribution >= 4 is 40.9 Å². The molecule has 0 fully saturated rings. The predicted molar refractivity (Wildman–Crippen MR) is 112 cm³/mol. The minimum absolute atomic E-state index is 0.188. The summed E-state index contributed by atoms with van der Waals surface area (Å²) in [6, 6.07) is 16.8. The standard InChI is InChI=1S/C21H19N3O4S/c1-13(20(26)23-15-9-7-14(8-10-15)19(22)25)29-17-5-2-4-16(12-17)24-21(27)18-6-3-11-28-18/h2-13H,1H3,(H2,22,25)(H,23,26)(H,24,27). The van der Waals surface area contributed by atoms with E-state index in [0.717, 1.165) is 4.90 Å². The highest BCUT2D eigenvalue weighted by Gasteiger charge is 2.16. The summed E-state index contributed by atoms with van der Waals surface area (Å²) in [7, 11) is 0. The van der Waals surface area contributed by atoms with Gasteiger partial charge in [0.2, 0.25) is 11.8 Å². The number of benzene rings is 2. The summed E-state index contributed by atoms with van der Waals surface area (Å²) in [4.78, 5) is 36.5. The molecule has 1 aromatic heterocycles. The monoisotopic (exact) mass is 409 g/mol. The van der Waals surface area contributed by atoms with Gasteiger partial charge in [0, 0.05) is 21.8 Å². The van der Waals surface area contributed by atoms with E-state index < -0.39 is 5.91 Å². The Kier molecular flexibility index (Phi) is 6.36. The van der Waals surface area contributed by atoms with Gasteiger partial charge in [-0.15, -0.1) is 11.8 Å². The molecule has 3 aromatic rings. The van der Waals surface area contributed by atoms with Crippen molar-refractivity contribution in [2.75, 3.05) is 10.6 Å². The van der Waals surface area contributed by atoms with Gasteiger partial charge in [0.25, 0.3) is 5.91 Å². The van der Waals surface area contributed by atoms with E-state index in [4.69, 9.17) is 10.2 Å². The summed E-state index contributed by atoms with van der Waals surface area (Å²) in [5.74, 6) is -0.835. The minimum atomic E-state index is -0.522. The van der Waals surface area contributed by atoms with Crippen LogP contribution in [0.25, 0.3) is 0 Å². The van der Waals surface area contributed by atoms with Crippen LogP contribution >= 0.6 is 11.8 Å². The SMILES string of the molecule is CC(Sc1cccc(NC(=O)c2ccco2)c1)C(=O)Nc1ccc(C(N)=O)cc1. The highest BCUT2D eigenvalue weighted by atomic mass is 32.2. The van der Waals surface area contributed by atoms with Crippen molar-refractivity contribution in [1.82, 2.24) is 0 Å². The molecule has 7 nitrogen and oxygen atoms in total. The van der Waals surface area contributed by atoms with Crippen LogP contribution < -0.4 is 16.4 Å².